The van der Waals surface area contributed by atoms with Gasteiger partial charge in [0.2, 0.25) is 5.91 Å². The summed E-state index contributed by atoms with van der Waals surface area (Å²) in [6.07, 6.45) is 3.91. The number of aryl methyl sites for hydroxylation is 2. The zero-order chi connectivity index (χ0) is 13.0. The topological polar surface area (TPSA) is 46.9 Å². The number of rotatable bonds is 4. The van der Waals surface area contributed by atoms with Crippen LogP contribution in [0.5, 0.6) is 0 Å². The maximum absolute atomic E-state index is 11.8. The minimum absolute atomic E-state index is 0.00972. The van der Waals surface area contributed by atoms with Crippen molar-refractivity contribution in [1.29, 1.82) is 0 Å². The highest BCUT2D eigenvalue weighted by molar-refractivity contribution is 5.78. The standard InChI is InChI=1S/C14H17N3O/c1-11-6-12(2)8-13(7-11)9-14(18)15-10-17-5-3-4-16-17/h3-8H,9-10H2,1-2H3,(H,15,18). The normalized spacial score (nSPS) is 10.3. The molecular weight excluding hydrogens is 226 g/mol. The zero-order valence-corrected chi connectivity index (χ0v) is 10.7. The van der Waals surface area contributed by atoms with Crippen molar-refractivity contribution in [2.45, 2.75) is 26.9 Å². The van der Waals surface area contributed by atoms with E-state index in [9.17, 15) is 4.79 Å². The van der Waals surface area contributed by atoms with Crippen LogP contribution in [-0.4, -0.2) is 15.7 Å². The highest BCUT2D eigenvalue weighted by Gasteiger charge is 2.04. The number of hydrogen-bond acceptors (Lipinski definition) is 2. The minimum atomic E-state index is 0.00972. The van der Waals surface area contributed by atoms with E-state index in [1.165, 1.54) is 11.1 Å². The molecule has 18 heavy (non-hydrogen) atoms. The Labute approximate surface area is 107 Å². The van der Waals surface area contributed by atoms with Crippen molar-refractivity contribution in [2.75, 3.05) is 0 Å². The number of hydrogen-bond donors (Lipinski definition) is 1. The number of nitrogens with one attached hydrogen (secondary N) is 1. The van der Waals surface area contributed by atoms with Crippen molar-refractivity contribution in [2.24, 2.45) is 0 Å². The third kappa shape index (κ3) is 3.45. The van der Waals surface area contributed by atoms with Crippen molar-refractivity contribution >= 4 is 5.91 Å². The molecular formula is C14H17N3O. The van der Waals surface area contributed by atoms with E-state index in [1.54, 1.807) is 10.9 Å². The molecule has 0 aliphatic rings. The van der Waals surface area contributed by atoms with Crippen LogP contribution in [0.2, 0.25) is 0 Å². The van der Waals surface area contributed by atoms with Gasteiger partial charge >= 0.3 is 0 Å². The van der Waals surface area contributed by atoms with E-state index in [0.717, 1.165) is 5.56 Å². The number of benzene rings is 1. The Balaban J connectivity index is 1.90. The van der Waals surface area contributed by atoms with Gasteiger partial charge in [-0.25, -0.2) is 0 Å². The predicted octanol–water partition coefficient (Wildman–Crippen LogP) is 1.82. The van der Waals surface area contributed by atoms with E-state index in [-0.39, 0.29) is 5.91 Å². The molecule has 4 nitrogen and oxygen atoms in total. The summed E-state index contributed by atoms with van der Waals surface area (Å²) in [6, 6.07) is 8.02. The Bertz CT molecular complexity index is 512. The summed E-state index contributed by atoms with van der Waals surface area (Å²) < 4.78 is 1.68. The summed E-state index contributed by atoms with van der Waals surface area (Å²) in [6.45, 7) is 4.49. The van der Waals surface area contributed by atoms with Crippen molar-refractivity contribution in [3.63, 3.8) is 0 Å². The first-order chi connectivity index (χ1) is 8.63. The first kappa shape index (κ1) is 12.4. The molecule has 0 saturated heterocycles. The molecule has 0 aliphatic heterocycles. The first-order valence-electron chi connectivity index (χ1n) is 5.95. The number of carbonyl (C=O) groups excluding carboxylic acids is 1. The predicted molar refractivity (Wildman–Crippen MR) is 70.0 cm³/mol. The second-order valence-electron chi connectivity index (χ2n) is 4.48. The minimum Gasteiger partial charge on any atom is -0.337 e. The molecule has 2 aromatic rings. The average molecular weight is 243 g/mol. The summed E-state index contributed by atoms with van der Waals surface area (Å²) in [5.74, 6) is 0.00972. The zero-order valence-electron chi connectivity index (χ0n) is 10.7. The molecule has 1 N–H and O–H groups in total. The van der Waals surface area contributed by atoms with E-state index in [2.05, 4.69) is 16.5 Å². The van der Waals surface area contributed by atoms with Crippen LogP contribution in [0.3, 0.4) is 0 Å². The maximum Gasteiger partial charge on any atom is 0.225 e. The lowest BCUT2D eigenvalue weighted by Crippen LogP contribution is -2.27. The fourth-order valence-electron chi connectivity index (χ4n) is 1.98. The lowest BCUT2D eigenvalue weighted by atomic mass is 10.0. The van der Waals surface area contributed by atoms with Crippen LogP contribution in [0.4, 0.5) is 0 Å². The van der Waals surface area contributed by atoms with Crippen LogP contribution in [0.25, 0.3) is 0 Å². The van der Waals surface area contributed by atoms with E-state index in [0.29, 0.717) is 13.1 Å². The van der Waals surface area contributed by atoms with Gasteiger partial charge in [-0.15, -0.1) is 0 Å². The Morgan fingerprint density at radius 2 is 2.00 bits per heavy atom. The van der Waals surface area contributed by atoms with Gasteiger partial charge in [0.1, 0.15) is 6.67 Å². The molecule has 1 aromatic heterocycles. The first-order valence-corrected chi connectivity index (χ1v) is 5.95. The number of carbonyl (C=O) groups is 1. The van der Waals surface area contributed by atoms with Crippen LogP contribution in [-0.2, 0) is 17.9 Å². The molecule has 1 aromatic carbocycles. The Kier molecular flexibility index (Phi) is 3.77. The van der Waals surface area contributed by atoms with Gasteiger partial charge in [-0.3, -0.25) is 9.48 Å². The molecule has 0 radical (unpaired) electrons. The molecule has 0 atom stereocenters. The number of nitrogens with zero attached hydrogens (tertiary/aromatic N) is 2. The van der Waals surface area contributed by atoms with Crippen molar-refractivity contribution in [3.8, 4) is 0 Å². The molecule has 4 heteroatoms. The van der Waals surface area contributed by atoms with Crippen molar-refractivity contribution < 1.29 is 4.79 Å². The average Bonchev–Trinajstić information content (AvgIpc) is 2.77. The summed E-state index contributed by atoms with van der Waals surface area (Å²) in [7, 11) is 0. The molecule has 0 spiro atoms. The lowest BCUT2D eigenvalue weighted by Gasteiger charge is -2.07. The van der Waals surface area contributed by atoms with Gasteiger partial charge in [-0.05, 0) is 25.5 Å². The van der Waals surface area contributed by atoms with Crippen LogP contribution in [0.1, 0.15) is 16.7 Å². The fraction of sp³-hybridized carbons (Fsp3) is 0.286. The van der Waals surface area contributed by atoms with Crippen molar-refractivity contribution in [1.82, 2.24) is 15.1 Å². The molecule has 0 saturated carbocycles. The third-order valence-corrected chi connectivity index (χ3v) is 2.64. The molecule has 94 valence electrons. The van der Waals surface area contributed by atoms with Gasteiger partial charge < -0.3 is 5.32 Å². The highest BCUT2D eigenvalue weighted by Crippen LogP contribution is 2.09. The molecule has 0 fully saturated rings. The van der Waals surface area contributed by atoms with Gasteiger partial charge in [-0.1, -0.05) is 29.3 Å². The highest BCUT2D eigenvalue weighted by atomic mass is 16.1. The SMILES string of the molecule is Cc1cc(C)cc(CC(=O)NCn2cccn2)c1. The van der Waals surface area contributed by atoms with Gasteiger partial charge in [0.15, 0.2) is 0 Å². The van der Waals surface area contributed by atoms with Crippen molar-refractivity contribution in [3.05, 3.63) is 53.3 Å². The molecule has 1 amide bonds. The summed E-state index contributed by atoms with van der Waals surface area (Å²) in [5, 5.41) is 6.86. The quantitative estimate of drug-likeness (QED) is 0.890. The van der Waals surface area contributed by atoms with Crippen LogP contribution >= 0.6 is 0 Å². The molecule has 0 unspecified atom stereocenters. The lowest BCUT2D eigenvalue weighted by molar-refractivity contribution is -0.121. The van der Waals surface area contributed by atoms with Gasteiger partial charge in [0.25, 0.3) is 0 Å². The Morgan fingerprint density at radius 1 is 1.28 bits per heavy atom. The largest absolute Gasteiger partial charge is 0.337 e. The monoisotopic (exact) mass is 243 g/mol. The van der Waals surface area contributed by atoms with E-state index < -0.39 is 0 Å². The van der Waals surface area contributed by atoms with Crippen LogP contribution in [0, 0.1) is 13.8 Å². The summed E-state index contributed by atoms with van der Waals surface area (Å²) in [4.78, 5) is 11.8. The smallest absolute Gasteiger partial charge is 0.225 e. The Morgan fingerprint density at radius 3 is 2.61 bits per heavy atom. The van der Waals surface area contributed by atoms with Crippen LogP contribution in [0.15, 0.2) is 36.7 Å². The number of aromatic nitrogens is 2. The Hall–Kier alpha value is -2.10. The molecule has 1 heterocycles. The van der Waals surface area contributed by atoms with E-state index in [1.807, 2.05) is 38.2 Å². The van der Waals surface area contributed by atoms with Gasteiger partial charge in [0, 0.05) is 12.4 Å². The van der Waals surface area contributed by atoms with E-state index >= 15 is 0 Å². The second kappa shape index (κ2) is 5.49. The van der Waals surface area contributed by atoms with Crippen LogP contribution < -0.4 is 5.32 Å². The maximum atomic E-state index is 11.8. The van der Waals surface area contributed by atoms with Gasteiger partial charge in [-0.2, -0.15) is 5.10 Å². The summed E-state index contributed by atoms with van der Waals surface area (Å²) >= 11 is 0. The van der Waals surface area contributed by atoms with E-state index in [4.69, 9.17) is 0 Å². The third-order valence-electron chi connectivity index (χ3n) is 2.64. The fourth-order valence-corrected chi connectivity index (χ4v) is 1.98. The van der Waals surface area contributed by atoms with Gasteiger partial charge in [0.05, 0.1) is 6.42 Å². The molecule has 0 bridgehead atoms. The second-order valence-corrected chi connectivity index (χ2v) is 4.48. The summed E-state index contributed by atoms with van der Waals surface area (Å²) in [5.41, 5.74) is 3.42. The molecule has 0 aliphatic carbocycles. The molecule has 2 rings (SSSR count). The number of amides is 1.